The molecule has 81 valence electrons. The molecule has 0 aliphatic rings. The molecule has 1 radical (unpaired) electrons. The van der Waals surface area contributed by atoms with Gasteiger partial charge in [0, 0.05) is 22.4 Å². The monoisotopic (exact) mass is 377 g/mol. The smallest absolute Gasteiger partial charge is 0 e. The molecule has 0 atom stereocenters. The number of fused-ring (bicyclic) bond motifs is 1. The molecule has 0 saturated carbocycles. The molecule has 15 heavy (non-hydrogen) atoms. The molecule has 0 aliphatic heterocycles. The second kappa shape index (κ2) is 6.41. The van der Waals surface area contributed by atoms with Crippen molar-refractivity contribution in [3.05, 3.63) is 72.8 Å². The van der Waals surface area contributed by atoms with Crippen LogP contribution in [0.5, 0.6) is 0 Å². The summed E-state index contributed by atoms with van der Waals surface area (Å²) in [6.07, 6.45) is 0. The van der Waals surface area contributed by atoms with Crippen molar-refractivity contribution in [2.75, 3.05) is 0 Å². The van der Waals surface area contributed by atoms with Gasteiger partial charge in [0.15, 0.2) is 0 Å². The molecular formula is C14H12Au-2. The van der Waals surface area contributed by atoms with Crippen LogP contribution in [0.1, 0.15) is 0 Å². The molecule has 3 rings (SSSR count). The maximum absolute atomic E-state index is 2.12. The Hall–Kier alpha value is -1.08. The maximum Gasteiger partial charge on any atom is 0 e. The van der Waals surface area contributed by atoms with Gasteiger partial charge in [-0.3, -0.25) is 0 Å². The number of hydrogen-bond acceptors (Lipinski definition) is 0. The van der Waals surface area contributed by atoms with Crippen LogP contribution >= 0.6 is 0 Å². The average molecular weight is 377 g/mol. The number of rotatable bonds is 0. The molecule has 0 N–H and O–H groups in total. The van der Waals surface area contributed by atoms with Crippen molar-refractivity contribution in [1.82, 2.24) is 0 Å². The Morgan fingerprint density at radius 2 is 1.47 bits per heavy atom. The zero-order valence-electron chi connectivity index (χ0n) is 8.23. The third-order valence-corrected chi connectivity index (χ3v) is 2.10. The third-order valence-electron chi connectivity index (χ3n) is 2.10. The quantitative estimate of drug-likeness (QED) is 0.411. The minimum Gasteiger partial charge on any atom is -0.214 e. The van der Waals surface area contributed by atoms with E-state index in [-0.39, 0.29) is 22.4 Å². The van der Waals surface area contributed by atoms with Crippen molar-refractivity contribution in [3.8, 4) is 0 Å². The summed E-state index contributed by atoms with van der Waals surface area (Å²) in [5.74, 6) is 0. The molecule has 0 bridgehead atoms. The summed E-state index contributed by atoms with van der Waals surface area (Å²) in [5, 5.41) is 2.66. The summed E-state index contributed by atoms with van der Waals surface area (Å²) in [6, 6.07) is 24.7. The van der Waals surface area contributed by atoms with E-state index in [0.29, 0.717) is 0 Å². The molecule has 0 heterocycles. The van der Waals surface area contributed by atoms with Crippen LogP contribution < -0.4 is 0 Å². The van der Waals surface area contributed by atoms with E-state index < -0.39 is 0 Å². The van der Waals surface area contributed by atoms with Crippen LogP contribution in [0, 0.1) is 0 Å². The van der Waals surface area contributed by atoms with E-state index in [1.807, 2.05) is 30.3 Å². The molecule has 0 spiro atoms. The largest absolute Gasteiger partial charge is 0.214 e. The Balaban J connectivity index is 0.000000162. The van der Waals surface area contributed by atoms with Crippen LogP contribution in [0.2, 0.25) is 0 Å². The van der Waals surface area contributed by atoms with Crippen LogP contribution in [-0.2, 0) is 22.4 Å². The van der Waals surface area contributed by atoms with Gasteiger partial charge >= 0.3 is 0 Å². The number of benzene rings is 1. The minimum atomic E-state index is 0. The third kappa shape index (κ3) is 3.52. The molecule has 0 fully saturated rings. The van der Waals surface area contributed by atoms with Crippen molar-refractivity contribution in [2.24, 2.45) is 0 Å². The van der Waals surface area contributed by atoms with Gasteiger partial charge in [0.25, 0.3) is 0 Å². The van der Waals surface area contributed by atoms with E-state index in [2.05, 4.69) is 42.5 Å². The second-order valence-corrected chi connectivity index (χ2v) is 3.12. The van der Waals surface area contributed by atoms with Gasteiger partial charge in [-0.05, 0) is 0 Å². The summed E-state index contributed by atoms with van der Waals surface area (Å²) in [5.41, 5.74) is 0. The Labute approximate surface area is 106 Å². The molecule has 3 aromatic carbocycles. The topological polar surface area (TPSA) is 0 Å². The molecule has 0 aromatic heterocycles. The van der Waals surface area contributed by atoms with Gasteiger partial charge in [-0.15, -0.1) is 29.7 Å². The molecular weight excluding hydrogens is 365 g/mol. The van der Waals surface area contributed by atoms with Crippen molar-refractivity contribution in [3.63, 3.8) is 0 Å². The first-order chi connectivity index (χ1) is 6.97. The van der Waals surface area contributed by atoms with E-state index in [4.69, 9.17) is 0 Å². The van der Waals surface area contributed by atoms with Crippen LogP contribution in [0.25, 0.3) is 10.8 Å². The van der Waals surface area contributed by atoms with Gasteiger partial charge in [-0.1, -0.05) is 6.07 Å². The fourth-order valence-electron chi connectivity index (χ4n) is 1.39. The standard InChI is InChI=1S/C9H7.C5H5.Au/c1-2-5-9-7-3-6-8(9)4-1;1-2-4-5-3-1;/h1-7H;1-5H;/q2*-1;. The average Bonchev–Trinajstić information content (AvgIpc) is 2.92. The van der Waals surface area contributed by atoms with Crippen LogP contribution in [0.3, 0.4) is 0 Å². The summed E-state index contributed by atoms with van der Waals surface area (Å²) in [7, 11) is 0. The van der Waals surface area contributed by atoms with Crippen LogP contribution in [0.15, 0.2) is 72.8 Å². The Morgan fingerprint density at radius 1 is 0.733 bits per heavy atom. The maximum atomic E-state index is 2.12. The van der Waals surface area contributed by atoms with Gasteiger partial charge in [0.1, 0.15) is 0 Å². The van der Waals surface area contributed by atoms with E-state index in [9.17, 15) is 0 Å². The molecule has 0 nitrogen and oxygen atoms in total. The summed E-state index contributed by atoms with van der Waals surface area (Å²) < 4.78 is 0. The molecule has 3 aromatic rings. The second-order valence-electron chi connectivity index (χ2n) is 3.12. The predicted octanol–water partition coefficient (Wildman–Crippen LogP) is 3.96. The van der Waals surface area contributed by atoms with E-state index in [1.54, 1.807) is 0 Å². The Morgan fingerprint density at radius 3 is 2.07 bits per heavy atom. The molecule has 0 unspecified atom stereocenters. The number of hydrogen-bond donors (Lipinski definition) is 0. The first-order valence-electron chi connectivity index (χ1n) is 4.74. The fraction of sp³-hybridized carbons (Fsp3) is 0. The molecule has 0 amide bonds. The van der Waals surface area contributed by atoms with E-state index in [1.165, 1.54) is 10.8 Å². The van der Waals surface area contributed by atoms with E-state index in [0.717, 1.165) is 0 Å². The van der Waals surface area contributed by atoms with Gasteiger partial charge in [-0.25, -0.2) is 12.1 Å². The zero-order valence-corrected chi connectivity index (χ0v) is 10.4. The van der Waals surface area contributed by atoms with Crippen molar-refractivity contribution >= 4 is 10.8 Å². The normalized spacial score (nSPS) is 8.80. The van der Waals surface area contributed by atoms with Gasteiger partial charge in [-0.2, -0.15) is 35.7 Å². The summed E-state index contributed by atoms with van der Waals surface area (Å²) >= 11 is 0. The SMILES string of the molecule is [Au].c1cc[cH-]c1.c1ccc2[cH-]ccc2c1. The summed E-state index contributed by atoms with van der Waals surface area (Å²) in [4.78, 5) is 0. The minimum absolute atomic E-state index is 0. The van der Waals surface area contributed by atoms with Crippen molar-refractivity contribution in [2.45, 2.75) is 0 Å². The van der Waals surface area contributed by atoms with E-state index >= 15 is 0 Å². The molecule has 0 saturated heterocycles. The van der Waals surface area contributed by atoms with Gasteiger partial charge < -0.3 is 0 Å². The first-order valence-corrected chi connectivity index (χ1v) is 4.74. The van der Waals surface area contributed by atoms with Crippen LogP contribution in [0.4, 0.5) is 0 Å². The Bertz CT molecular complexity index is 415. The van der Waals surface area contributed by atoms with Crippen LogP contribution in [-0.4, -0.2) is 0 Å². The fourth-order valence-corrected chi connectivity index (χ4v) is 1.39. The molecule has 1 heteroatoms. The van der Waals surface area contributed by atoms with Gasteiger partial charge in [0.2, 0.25) is 0 Å². The van der Waals surface area contributed by atoms with Crippen molar-refractivity contribution < 1.29 is 22.4 Å². The zero-order chi connectivity index (χ0) is 9.64. The Kier molecular flexibility index (Phi) is 5.13. The first kappa shape index (κ1) is 12.0. The van der Waals surface area contributed by atoms with Crippen molar-refractivity contribution in [1.29, 1.82) is 0 Å². The molecule has 0 aliphatic carbocycles. The summed E-state index contributed by atoms with van der Waals surface area (Å²) in [6.45, 7) is 0. The van der Waals surface area contributed by atoms with Gasteiger partial charge in [0.05, 0.1) is 0 Å². The predicted molar refractivity (Wildman–Crippen MR) is 61.6 cm³/mol.